The molecule has 0 heterocycles. The zero-order chi connectivity index (χ0) is 17.4. The van der Waals surface area contributed by atoms with E-state index in [9.17, 15) is 14.0 Å². The van der Waals surface area contributed by atoms with Crippen LogP contribution < -0.4 is 0 Å². The lowest BCUT2D eigenvalue weighted by Crippen LogP contribution is -2.20. The molecule has 0 bridgehead atoms. The van der Waals surface area contributed by atoms with E-state index in [2.05, 4.69) is 9.73 Å². The lowest BCUT2D eigenvalue weighted by Gasteiger charge is -2.06. The smallest absolute Gasteiger partial charge is 0.434 e. The van der Waals surface area contributed by atoms with Crippen molar-refractivity contribution in [1.29, 1.82) is 0 Å². The number of carbonyl (C=O) groups is 2. The predicted molar refractivity (Wildman–Crippen MR) is 86.2 cm³/mol. The number of rotatable bonds is 5. The standard InChI is InChI=1S/C18H16FNO4/c1-23-17(21)16(11-13-7-9-15(19)10-8-13)20-18(22)24-12-14-5-3-2-4-6-14/h2-10H,11-12H2,1H3. The van der Waals surface area contributed by atoms with Crippen LogP contribution in [-0.4, -0.2) is 24.9 Å². The molecular weight excluding hydrogens is 313 g/mol. The van der Waals surface area contributed by atoms with E-state index in [-0.39, 0.29) is 18.7 Å². The van der Waals surface area contributed by atoms with Crippen molar-refractivity contribution in [3.8, 4) is 0 Å². The molecule has 0 radical (unpaired) electrons. The quantitative estimate of drug-likeness (QED) is 0.623. The van der Waals surface area contributed by atoms with Gasteiger partial charge in [0.05, 0.1) is 7.11 Å². The summed E-state index contributed by atoms with van der Waals surface area (Å²) in [4.78, 5) is 27.2. The second-order valence-corrected chi connectivity index (χ2v) is 4.89. The first-order valence-electron chi connectivity index (χ1n) is 7.19. The summed E-state index contributed by atoms with van der Waals surface area (Å²) in [6.45, 7) is 0.0498. The second kappa shape index (κ2) is 8.57. The molecule has 0 saturated heterocycles. The van der Waals surface area contributed by atoms with Crippen LogP contribution in [0, 0.1) is 5.82 Å². The first-order chi connectivity index (χ1) is 11.6. The van der Waals surface area contributed by atoms with Crippen molar-refractivity contribution in [2.75, 3.05) is 7.11 Å². The first kappa shape index (κ1) is 17.3. The molecule has 124 valence electrons. The van der Waals surface area contributed by atoms with Crippen molar-refractivity contribution in [3.05, 3.63) is 71.5 Å². The summed E-state index contributed by atoms with van der Waals surface area (Å²) in [7, 11) is 1.19. The fourth-order valence-electron chi connectivity index (χ4n) is 1.93. The first-order valence-corrected chi connectivity index (χ1v) is 7.19. The van der Waals surface area contributed by atoms with Gasteiger partial charge in [0.15, 0.2) is 0 Å². The van der Waals surface area contributed by atoms with Crippen molar-refractivity contribution in [3.63, 3.8) is 0 Å². The van der Waals surface area contributed by atoms with Crippen molar-refractivity contribution in [2.24, 2.45) is 4.99 Å². The molecule has 24 heavy (non-hydrogen) atoms. The Kier molecular flexibility index (Phi) is 6.19. The van der Waals surface area contributed by atoms with Gasteiger partial charge >= 0.3 is 12.1 Å². The monoisotopic (exact) mass is 329 g/mol. The third-order valence-corrected chi connectivity index (χ3v) is 3.14. The topological polar surface area (TPSA) is 65.0 Å². The third kappa shape index (κ3) is 5.31. The van der Waals surface area contributed by atoms with Crippen LogP contribution in [0.1, 0.15) is 11.1 Å². The van der Waals surface area contributed by atoms with Crippen LogP contribution in [0.4, 0.5) is 9.18 Å². The molecule has 0 aliphatic heterocycles. The van der Waals surface area contributed by atoms with Crippen molar-refractivity contribution in [2.45, 2.75) is 13.0 Å². The maximum atomic E-state index is 12.9. The van der Waals surface area contributed by atoms with Gasteiger partial charge in [0.25, 0.3) is 0 Å². The molecule has 5 nitrogen and oxygen atoms in total. The number of hydrogen-bond acceptors (Lipinski definition) is 4. The molecule has 2 aromatic rings. The Labute approximate surface area is 138 Å². The molecule has 0 atom stereocenters. The Morgan fingerprint density at radius 3 is 2.29 bits per heavy atom. The number of methoxy groups -OCH3 is 1. The second-order valence-electron chi connectivity index (χ2n) is 4.89. The maximum Gasteiger partial charge on any atom is 0.434 e. The van der Waals surface area contributed by atoms with E-state index in [1.54, 1.807) is 12.1 Å². The molecule has 6 heteroatoms. The number of nitrogens with zero attached hydrogens (tertiary/aromatic N) is 1. The molecule has 0 aromatic heterocycles. The lowest BCUT2D eigenvalue weighted by atomic mass is 10.1. The summed E-state index contributed by atoms with van der Waals surface area (Å²) in [6.07, 6.45) is -0.853. The van der Waals surface area contributed by atoms with Gasteiger partial charge in [0.2, 0.25) is 0 Å². The molecule has 2 aromatic carbocycles. The van der Waals surface area contributed by atoms with Crippen LogP contribution in [0.2, 0.25) is 0 Å². The van der Waals surface area contributed by atoms with Gasteiger partial charge in [0.1, 0.15) is 18.1 Å². The number of esters is 1. The molecular formula is C18H16FNO4. The summed E-state index contributed by atoms with van der Waals surface area (Å²) in [5, 5.41) is 0. The van der Waals surface area contributed by atoms with Crippen LogP contribution in [0.15, 0.2) is 59.6 Å². The van der Waals surface area contributed by atoms with E-state index >= 15 is 0 Å². The van der Waals surface area contributed by atoms with Crippen molar-refractivity contribution < 1.29 is 23.5 Å². The molecule has 2 rings (SSSR count). The van der Waals surface area contributed by atoms with Crippen LogP contribution in [0.5, 0.6) is 0 Å². The minimum absolute atomic E-state index is 0.0351. The lowest BCUT2D eigenvalue weighted by molar-refractivity contribution is -0.132. The molecule has 0 aliphatic rings. The van der Waals surface area contributed by atoms with Gasteiger partial charge in [-0.05, 0) is 23.3 Å². The van der Waals surface area contributed by atoms with Gasteiger partial charge in [-0.2, -0.15) is 4.99 Å². The Bertz CT molecular complexity index is 726. The highest BCUT2D eigenvalue weighted by Crippen LogP contribution is 2.07. The van der Waals surface area contributed by atoms with Gasteiger partial charge in [-0.25, -0.2) is 14.0 Å². The summed E-state index contributed by atoms with van der Waals surface area (Å²) in [5.74, 6) is -1.13. The number of amides is 1. The van der Waals surface area contributed by atoms with Gasteiger partial charge in [-0.3, -0.25) is 0 Å². The number of carbonyl (C=O) groups excluding carboxylic acids is 2. The third-order valence-electron chi connectivity index (χ3n) is 3.14. The van der Waals surface area contributed by atoms with E-state index in [0.29, 0.717) is 5.56 Å². The molecule has 0 saturated carbocycles. The van der Waals surface area contributed by atoms with E-state index < -0.39 is 17.9 Å². The van der Waals surface area contributed by atoms with Gasteiger partial charge in [-0.15, -0.1) is 0 Å². The highest BCUT2D eigenvalue weighted by atomic mass is 19.1. The number of benzene rings is 2. The Morgan fingerprint density at radius 1 is 1.00 bits per heavy atom. The Morgan fingerprint density at radius 2 is 1.67 bits per heavy atom. The average molecular weight is 329 g/mol. The zero-order valence-corrected chi connectivity index (χ0v) is 13.1. The fraction of sp³-hybridized carbons (Fsp3) is 0.167. The Balaban J connectivity index is 2.05. The normalized spacial score (nSPS) is 11.0. The van der Waals surface area contributed by atoms with Crippen LogP contribution in [-0.2, 0) is 27.3 Å². The summed E-state index contributed by atoms with van der Waals surface area (Å²) < 4.78 is 22.6. The number of ether oxygens (including phenoxy) is 2. The predicted octanol–water partition coefficient (Wildman–Crippen LogP) is 3.32. The number of halogens is 1. The van der Waals surface area contributed by atoms with Crippen LogP contribution in [0.25, 0.3) is 0 Å². The minimum Gasteiger partial charge on any atom is -0.465 e. The highest BCUT2D eigenvalue weighted by molar-refractivity contribution is 6.38. The van der Waals surface area contributed by atoms with Gasteiger partial charge in [0, 0.05) is 6.42 Å². The SMILES string of the molecule is COC(=O)C(Cc1ccc(F)cc1)=NC(=O)OCc1ccccc1. The molecule has 0 unspecified atom stereocenters. The number of hydrogen-bond donors (Lipinski definition) is 0. The van der Waals surface area contributed by atoms with Crippen LogP contribution in [0.3, 0.4) is 0 Å². The molecule has 0 aliphatic carbocycles. The summed E-state index contributed by atoms with van der Waals surface area (Å²) in [5.41, 5.74) is 1.32. The van der Waals surface area contributed by atoms with E-state index in [1.807, 2.05) is 18.2 Å². The fourth-order valence-corrected chi connectivity index (χ4v) is 1.93. The summed E-state index contributed by atoms with van der Waals surface area (Å²) >= 11 is 0. The van der Waals surface area contributed by atoms with Crippen molar-refractivity contribution >= 4 is 17.8 Å². The van der Waals surface area contributed by atoms with Crippen molar-refractivity contribution in [1.82, 2.24) is 0 Å². The van der Waals surface area contributed by atoms with E-state index in [0.717, 1.165) is 5.56 Å². The zero-order valence-electron chi connectivity index (χ0n) is 13.1. The van der Waals surface area contributed by atoms with E-state index in [1.165, 1.54) is 31.4 Å². The largest absolute Gasteiger partial charge is 0.465 e. The molecule has 1 amide bonds. The van der Waals surface area contributed by atoms with Gasteiger partial charge < -0.3 is 9.47 Å². The summed E-state index contributed by atoms with van der Waals surface area (Å²) in [6, 6.07) is 14.6. The highest BCUT2D eigenvalue weighted by Gasteiger charge is 2.15. The molecule has 0 fully saturated rings. The van der Waals surface area contributed by atoms with Gasteiger partial charge in [-0.1, -0.05) is 42.5 Å². The average Bonchev–Trinajstić information content (AvgIpc) is 2.61. The minimum atomic E-state index is -0.888. The van der Waals surface area contributed by atoms with E-state index in [4.69, 9.17) is 4.74 Å². The van der Waals surface area contributed by atoms with Crippen LogP contribution >= 0.6 is 0 Å². The maximum absolute atomic E-state index is 12.9. The molecule has 0 N–H and O–H groups in total. The number of aliphatic imine (C=N–C) groups is 1. The molecule has 0 spiro atoms. The Hall–Kier alpha value is -3.02.